The predicted molar refractivity (Wildman–Crippen MR) is 63.0 cm³/mol. The number of carbonyl (C=O) groups is 1. The number of sulfone groups is 1. The Balaban J connectivity index is 2.65. The van der Waals surface area contributed by atoms with E-state index in [-0.39, 0.29) is 4.90 Å². The van der Waals surface area contributed by atoms with Crippen molar-refractivity contribution in [3.05, 3.63) is 23.3 Å². The number of aryl methyl sites for hydroxylation is 2. The van der Waals surface area contributed by atoms with Gasteiger partial charge in [-0.05, 0) is 31.0 Å². The summed E-state index contributed by atoms with van der Waals surface area (Å²) in [4.78, 5) is 11.1. The molecule has 0 spiro atoms. The van der Waals surface area contributed by atoms with Crippen LogP contribution in [0.4, 0.5) is 5.69 Å². The monoisotopic (exact) mass is 255 g/mol. The summed E-state index contributed by atoms with van der Waals surface area (Å²) in [6.07, 6.45) is 0. The van der Waals surface area contributed by atoms with Crippen molar-refractivity contribution in [3.63, 3.8) is 0 Å². The first-order chi connectivity index (χ1) is 7.81. The van der Waals surface area contributed by atoms with E-state index in [0.29, 0.717) is 5.69 Å². The Morgan fingerprint density at radius 2 is 2.06 bits per heavy atom. The highest BCUT2D eigenvalue weighted by Gasteiger charge is 2.34. The minimum Gasteiger partial charge on any atom is -0.480 e. The molecule has 6 heteroatoms. The second kappa shape index (κ2) is 3.73. The van der Waals surface area contributed by atoms with Crippen molar-refractivity contribution in [1.29, 1.82) is 0 Å². The van der Waals surface area contributed by atoms with Crippen LogP contribution in [-0.2, 0) is 14.6 Å². The fourth-order valence-corrected chi connectivity index (χ4v) is 3.76. The lowest BCUT2D eigenvalue weighted by molar-refractivity contribution is -0.137. The Morgan fingerprint density at radius 3 is 2.65 bits per heavy atom. The van der Waals surface area contributed by atoms with Gasteiger partial charge in [-0.15, -0.1) is 0 Å². The van der Waals surface area contributed by atoms with Crippen LogP contribution in [0.5, 0.6) is 0 Å². The molecule has 1 heterocycles. The molecule has 2 rings (SSSR count). The fourth-order valence-electron chi connectivity index (χ4n) is 2.02. The summed E-state index contributed by atoms with van der Waals surface area (Å²) in [6, 6.07) is 2.32. The zero-order chi connectivity index (χ0) is 12.8. The lowest BCUT2D eigenvalue weighted by Crippen LogP contribution is -2.40. The third-order valence-corrected chi connectivity index (χ3v) is 4.55. The lowest BCUT2D eigenvalue weighted by Gasteiger charge is -2.26. The van der Waals surface area contributed by atoms with Gasteiger partial charge in [0.1, 0.15) is 6.04 Å². The van der Waals surface area contributed by atoms with Crippen molar-refractivity contribution in [2.45, 2.75) is 24.8 Å². The quantitative estimate of drug-likeness (QED) is 0.780. The number of benzene rings is 1. The molecule has 0 amide bonds. The normalized spacial score (nSPS) is 21.4. The molecule has 0 aromatic heterocycles. The highest BCUT2D eigenvalue weighted by Crippen LogP contribution is 2.32. The highest BCUT2D eigenvalue weighted by molar-refractivity contribution is 7.91. The minimum absolute atomic E-state index is 0.201. The van der Waals surface area contributed by atoms with Gasteiger partial charge in [0.05, 0.1) is 16.3 Å². The van der Waals surface area contributed by atoms with Crippen molar-refractivity contribution in [3.8, 4) is 0 Å². The minimum atomic E-state index is -3.52. The van der Waals surface area contributed by atoms with E-state index in [4.69, 9.17) is 5.11 Å². The maximum Gasteiger partial charge on any atom is 0.327 e. The number of anilines is 1. The molecule has 1 aliphatic rings. The van der Waals surface area contributed by atoms with E-state index in [1.54, 1.807) is 13.0 Å². The van der Waals surface area contributed by atoms with Gasteiger partial charge in [0.25, 0.3) is 0 Å². The van der Waals surface area contributed by atoms with Gasteiger partial charge in [-0.1, -0.05) is 6.07 Å². The van der Waals surface area contributed by atoms with Crippen LogP contribution in [0.1, 0.15) is 11.1 Å². The maximum absolute atomic E-state index is 12.0. The molecule has 0 bridgehead atoms. The summed E-state index contributed by atoms with van der Waals surface area (Å²) < 4.78 is 24.0. The van der Waals surface area contributed by atoms with Crippen LogP contribution in [0.3, 0.4) is 0 Å². The second-order valence-corrected chi connectivity index (χ2v) is 6.27. The lowest BCUT2D eigenvalue weighted by atomic mass is 10.1. The molecule has 0 fully saturated rings. The SMILES string of the molecule is Cc1cc(C)c2c(c1)S(=O)(=O)CC(C(=O)O)N2. The molecular formula is C11H13NO4S. The van der Waals surface area contributed by atoms with E-state index < -0.39 is 27.6 Å². The van der Waals surface area contributed by atoms with Gasteiger partial charge in [0.2, 0.25) is 0 Å². The van der Waals surface area contributed by atoms with Gasteiger partial charge in [0.15, 0.2) is 9.84 Å². The number of aliphatic carboxylic acids is 1. The molecule has 1 aromatic rings. The van der Waals surface area contributed by atoms with E-state index in [9.17, 15) is 13.2 Å². The first kappa shape index (κ1) is 11.9. The van der Waals surface area contributed by atoms with Crippen LogP contribution < -0.4 is 5.32 Å². The molecule has 0 aliphatic carbocycles. The van der Waals surface area contributed by atoms with Crippen LogP contribution in [-0.4, -0.2) is 31.3 Å². The summed E-state index contributed by atoms with van der Waals surface area (Å²) in [5.74, 6) is -1.56. The predicted octanol–water partition coefficient (Wildman–Crippen LogP) is 0.956. The Hall–Kier alpha value is -1.56. The Labute approximate surface area is 99.4 Å². The van der Waals surface area contributed by atoms with E-state index in [2.05, 4.69) is 5.32 Å². The van der Waals surface area contributed by atoms with Gasteiger partial charge >= 0.3 is 5.97 Å². The number of fused-ring (bicyclic) bond motifs is 1. The molecular weight excluding hydrogens is 242 g/mol. The van der Waals surface area contributed by atoms with Crippen LogP contribution in [0.15, 0.2) is 17.0 Å². The molecule has 1 atom stereocenters. The van der Waals surface area contributed by atoms with E-state index in [0.717, 1.165) is 11.1 Å². The topological polar surface area (TPSA) is 83.5 Å². The molecule has 0 radical (unpaired) electrons. The van der Waals surface area contributed by atoms with Crippen LogP contribution in [0.25, 0.3) is 0 Å². The molecule has 0 saturated heterocycles. The van der Waals surface area contributed by atoms with Gasteiger partial charge in [-0.2, -0.15) is 0 Å². The van der Waals surface area contributed by atoms with Gasteiger partial charge in [-0.3, -0.25) is 0 Å². The number of carboxylic acids is 1. The molecule has 1 aliphatic heterocycles. The first-order valence-corrected chi connectivity index (χ1v) is 6.80. The zero-order valence-electron chi connectivity index (χ0n) is 9.52. The standard InChI is InChI=1S/C11H13NO4S/c1-6-3-7(2)10-9(4-6)17(15,16)5-8(12-10)11(13)14/h3-4,8,12H,5H2,1-2H3,(H,13,14). The second-order valence-electron chi connectivity index (χ2n) is 4.27. The van der Waals surface area contributed by atoms with Crippen molar-refractivity contribution in [2.24, 2.45) is 0 Å². The van der Waals surface area contributed by atoms with Crippen molar-refractivity contribution in [2.75, 3.05) is 11.1 Å². The van der Waals surface area contributed by atoms with Crippen LogP contribution in [0.2, 0.25) is 0 Å². The Kier molecular flexibility index (Phi) is 2.61. The number of hydrogen-bond acceptors (Lipinski definition) is 4. The fraction of sp³-hybridized carbons (Fsp3) is 0.364. The summed E-state index contributed by atoms with van der Waals surface area (Å²) in [5.41, 5.74) is 2.00. The zero-order valence-corrected chi connectivity index (χ0v) is 10.3. The van der Waals surface area contributed by atoms with Gasteiger partial charge in [0, 0.05) is 0 Å². The summed E-state index contributed by atoms with van der Waals surface area (Å²) in [5, 5.41) is 11.7. The number of rotatable bonds is 1. The van der Waals surface area contributed by atoms with Crippen molar-refractivity contribution in [1.82, 2.24) is 0 Å². The van der Waals surface area contributed by atoms with E-state index >= 15 is 0 Å². The van der Waals surface area contributed by atoms with Gasteiger partial charge < -0.3 is 10.4 Å². The Bertz CT molecular complexity index is 592. The number of carboxylic acid groups (broad SMARTS) is 1. The first-order valence-electron chi connectivity index (χ1n) is 5.14. The smallest absolute Gasteiger partial charge is 0.327 e. The molecule has 1 aromatic carbocycles. The number of hydrogen-bond donors (Lipinski definition) is 2. The van der Waals surface area contributed by atoms with Crippen molar-refractivity contribution < 1.29 is 18.3 Å². The number of nitrogens with one attached hydrogen (secondary N) is 1. The maximum atomic E-state index is 12.0. The average Bonchev–Trinajstić information content (AvgIpc) is 2.18. The molecule has 5 nitrogen and oxygen atoms in total. The van der Waals surface area contributed by atoms with Crippen LogP contribution >= 0.6 is 0 Å². The third-order valence-electron chi connectivity index (χ3n) is 2.78. The largest absolute Gasteiger partial charge is 0.480 e. The summed E-state index contributed by atoms with van der Waals surface area (Å²) >= 11 is 0. The van der Waals surface area contributed by atoms with Crippen molar-refractivity contribution >= 4 is 21.5 Å². The molecule has 0 saturated carbocycles. The summed E-state index contributed by atoms with van der Waals surface area (Å²) in [7, 11) is -3.52. The van der Waals surface area contributed by atoms with Crippen LogP contribution in [0, 0.1) is 13.8 Å². The highest BCUT2D eigenvalue weighted by atomic mass is 32.2. The third kappa shape index (κ3) is 2.00. The Morgan fingerprint density at radius 1 is 1.41 bits per heavy atom. The average molecular weight is 255 g/mol. The molecule has 92 valence electrons. The molecule has 17 heavy (non-hydrogen) atoms. The van der Waals surface area contributed by atoms with E-state index in [1.807, 2.05) is 13.0 Å². The van der Waals surface area contributed by atoms with Gasteiger partial charge in [-0.25, -0.2) is 13.2 Å². The van der Waals surface area contributed by atoms with E-state index in [1.165, 1.54) is 0 Å². The molecule has 2 N–H and O–H groups in total. The molecule has 1 unspecified atom stereocenters. The summed E-state index contributed by atoms with van der Waals surface area (Å²) in [6.45, 7) is 3.57.